The lowest BCUT2D eigenvalue weighted by Crippen LogP contribution is -2.40. The predicted octanol–water partition coefficient (Wildman–Crippen LogP) is 2.50. The van der Waals surface area contributed by atoms with E-state index in [-0.39, 0.29) is 17.7 Å². The smallest absolute Gasteiger partial charge is 0.251 e. The summed E-state index contributed by atoms with van der Waals surface area (Å²) in [7, 11) is 0. The number of nitrogens with one attached hydrogen (secondary N) is 2. The molecule has 2 aliphatic rings. The van der Waals surface area contributed by atoms with E-state index in [1.807, 2.05) is 12.1 Å². The van der Waals surface area contributed by atoms with E-state index in [4.69, 9.17) is 0 Å². The summed E-state index contributed by atoms with van der Waals surface area (Å²) < 4.78 is 0. The standard InChI is InChI=1S/C19H27N3O2/c1-13-10-17(13)19(24)21-16-7-5-6-15(11-16)18(23)20-12-14(2)22-8-3-4-9-22/h5-7,11,13-14,17H,3-4,8-10,12H2,1-2H3,(H,20,23)(H,21,24)/t13-,14-,17-/m1/s1. The third-order valence-electron chi connectivity index (χ3n) is 5.16. The van der Waals surface area contributed by atoms with Gasteiger partial charge in [-0.25, -0.2) is 0 Å². The Morgan fingerprint density at radius 2 is 2.00 bits per heavy atom. The number of benzene rings is 1. The number of carbonyl (C=O) groups is 2. The van der Waals surface area contributed by atoms with Crippen LogP contribution < -0.4 is 10.6 Å². The summed E-state index contributed by atoms with van der Waals surface area (Å²) in [5.74, 6) is 0.576. The van der Waals surface area contributed by atoms with Crippen LogP contribution in [0.25, 0.3) is 0 Å². The molecule has 1 saturated heterocycles. The Morgan fingerprint density at radius 1 is 1.29 bits per heavy atom. The zero-order valence-corrected chi connectivity index (χ0v) is 14.5. The van der Waals surface area contributed by atoms with E-state index < -0.39 is 0 Å². The molecule has 5 heteroatoms. The van der Waals surface area contributed by atoms with Gasteiger partial charge in [0.15, 0.2) is 0 Å². The van der Waals surface area contributed by atoms with Crippen LogP contribution in [0.1, 0.15) is 43.5 Å². The van der Waals surface area contributed by atoms with Gasteiger partial charge in [-0.2, -0.15) is 0 Å². The van der Waals surface area contributed by atoms with Crippen LogP contribution in [-0.4, -0.2) is 42.4 Å². The predicted molar refractivity (Wildman–Crippen MR) is 94.9 cm³/mol. The quantitative estimate of drug-likeness (QED) is 0.843. The largest absolute Gasteiger partial charge is 0.350 e. The maximum absolute atomic E-state index is 12.4. The fraction of sp³-hybridized carbons (Fsp3) is 0.579. The number of nitrogens with zero attached hydrogens (tertiary/aromatic N) is 1. The molecule has 1 aliphatic heterocycles. The topological polar surface area (TPSA) is 61.4 Å². The lowest BCUT2D eigenvalue weighted by molar-refractivity contribution is -0.117. The van der Waals surface area contributed by atoms with Crippen molar-refractivity contribution in [1.82, 2.24) is 10.2 Å². The highest BCUT2D eigenvalue weighted by atomic mass is 16.2. The number of rotatable bonds is 6. The molecule has 5 nitrogen and oxygen atoms in total. The van der Waals surface area contributed by atoms with E-state index in [9.17, 15) is 9.59 Å². The van der Waals surface area contributed by atoms with E-state index >= 15 is 0 Å². The van der Waals surface area contributed by atoms with Gasteiger partial charge in [0.05, 0.1) is 0 Å². The molecule has 1 aliphatic carbocycles. The highest BCUT2D eigenvalue weighted by molar-refractivity contribution is 5.98. The van der Waals surface area contributed by atoms with Gasteiger partial charge in [0.1, 0.15) is 0 Å². The molecule has 2 fully saturated rings. The van der Waals surface area contributed by atoms with Crippen LogP contribution in [0, 0.1) is 11.8 Å². The second kappa shape index (κ2) is 7.34. The van der Waals surface area contributed by atoms with Crippen LogP contribution in [0.3, 0.4) is 0 Å². The van der Waals surface area contributed by atoms with Gasteiger partial charge in [-0.1, -0.05) is 13.0 Å². The molecule has 3 rings (SSSR count). The average Bonchev–Trinajstić information content (AvgIpc) is 3.08. The van der Waals surface area contributed by atoms with Gasteiger partial charge in [-0.15, -0.1) is 0 Å². The Morgan fingerprint density at radius 3 is 2.67 bits per heavy atom. The molecular formula is C19H27N3O2. The first-order chi connectivity index (χ1) is 11.5. The summed E-state index contributed by atoms with van der Waals surface area (Å²) in [6.45, 7) is 7.12. The van der Waals surface area contributed by atoms with Crippen molar-refractivity contribution < 1.29 is 9.59 Å². The van der Waals surface area contributed by atoms with Crippen LogP contribution in [0.5, 0.6) is 0 Å². The molecule has 0 radical (unpaired) electrons. The zero-order chi connectivity index (χ0) is 17.1. The van der Waals surface area contributed by atoms with Gasteiger partial charge in [0, 0.05) is 29.8 Å². The Bertz CT molecular complexity index is 610. The summed E-state index contributed by atoms with van der Waals surface area (Å²) in [5, 5.41) is 5.92. The highest BCUT2D eigenvalue weighted by Gasteiger charge is 2.39. The fourth-order valence-electron chi connectivity index (χ4n) is 3.31. The van der Waals surface area contributed by atoms with Crippen molar-refractivity contribution in [3.63, 3.8) is 0 Å². The third-order valence-corrected chi connectivity index (χ3v) is 5.16. The van der Waals surface area contributed by atoms with Crippen LogP contribution in [-0.2, 0) is 4.79 Å². The van der Waals surface area contributed by atoms with Crippen molar-refractivity contribution in [3.05, 3.63) is 29.8 Å². The Balaban J connectivity index is 1.52. The first-order valence-electron chi connectivity index (χ1n) is 8.98. The third kappa shape index (κ3) is 4.15. The first kappa shape index (κ1) is 17.0. The molecule has 0 spiro atoms. The molecule has 0 bridgehead atoms. The van der Waals surface area contributed by atoms with E-state index in [1.165, 1.54) is 12.8 Å². The van der Waals surface area contributed by atoms with Gasteiger partial charge in [-0.3, -0.25) is 14.5 Å². The van der Waals surface area contributed by atoms with Crippen molar-refractivity contribution in [1.29, 1.82) is 0 Å². The van der Waals surface area contributed by atoms with Gasteiger partial charge in [-0.05, 0) is 63.4 Å². The summed E-state index contributed by atoms with van der Waals surface area (Å²) in [5.41, 5.74) is 1.28. The van der Waals surface area contributed by atoms with E-state index in [0.717, 1.165) is 19.5 Å². The molecule has 3 atom stereocenters. The maximum atomic E-state index is 12.4. The number of carbonyl (C=O) groups excluding carboxylic acids is 2. The molecule has 1 heterocycles. The number of hydrogen-bond donors (Lipinski definition) is 2. The minimum absolute atomic E-state index is 0.0581. The zero-order valence-electron chi connectivity index (χ0n) is 14.5. The van der Waals surface area contributed by atoms with E-state index in [1.54, 1.807) is 12.1 Å². The van der Waals surface area contributed by atoms with Gasteiger partial charge < -0.3 is 10.6 Å². The molecule has 2 N–H and O–H groups in total. The summed E-state index contributed by atoms with van der Waals surface area (Å²) in [6.07, 6.45) is 3.46. The van der Waals surface area contributed by atoms with Crippen LogP contribution in [0.15, 0.2) is 24.3 Å². The average molecular weight is 329 g/mol. The Labute approximate surface area is 143 Å². The molecule has 0 unspecified atom stereocenters. The van der Waals surface area contributed by atoms with E-state index in [2.05, 4.69) is 29.4 Å². The molecule has 1 saturated carbocycles. The minimum atomic E-state index is -0.0862. The maximum Gasteiger partial charge on any atom is 0.251 e. The van der Waals surface area contributed by atoms with Crippen LogP contribution in [0.4, 0.5) is 5.69 Å². The van der Waals surface area contributed by atoms with Crippen molar-refractivity contribution in [2.45, 2.75) is 39.2 Å². The van der Waals surface area contributed by atoms with Gasteiger partial charge in [0.2, 0.25) is 5.91 Å². The molecule has 1 aromatic carbocycles. The first-order valence-corrected chi connectivity index (χ1v) is 8.98. The number of likely N-dealkylation sites (tertiary alicyclic amines) is 1. The van der Waals surface area contributed by atoms with Crippen LogP contribution in [0.2, 0.25) is 0 Å². The molecule has 0 aromatic heterocycles. The molecule has 130 valence electrons. The minimum Gasteiger partial charge on any atom is -0.350 e. The number of anilines is 1. The van der Waals surface area contributed by atoms with Crippen LogP contribution >= 0.6 is 0 Å². The molecule has 2 amide bonds. The normalized spacial score (nSPS) is 24.4. The molecular weight excluding hydrogens is 302 g/mol. The SMILES string of the molecule is C[C@@H]1C[C@H]1C(=O)Nc1cccc(C(=O)NC[C@@H](C)N2CCCC2)c1. The molecule has 1 aromatic rings. The summed E-state index contributed by atoms with van der Waals surface area (Å²) >= 11 is 0. The Kier molecular flexibility index (Phi) is 5.19. The Hall–Kier alpha value is -1.88. The van der Waals surface area contributed by atoms with Gasteiger partial charge in [0.25, 0.3) is 5.91 Å². The van der Waals surface area contributed by atoms with Crippen molar-refractivity contribution in [3.8, 4) is 0 Å². The van der Waals surface area contributed by atoms with Gasteiger partial charge >= 0.3 is 0 Å². The second-order valence-corrected chi connectivity index (χ2v) is 7.19. The lowest BCUT2D eigenvalue weighted by Gasteiger charge is -2.23. The highest BCUT2D eigenvalue weighted by Crippen LogP contribution is 2.38. The second-order valence-electron chi connectivity index (χ2n) is 7.19. The lowest BCUT2D eigenvalue weighted by atomic mass is 10.1. The van der Waals surface area contributed by atoms with Crippen molar-refractivity contribution in [2.24, 2.45) is 11.8 Å². The summed E-state index contributed by atoms with van der Waals surface area (Å²) in [4.78, 5) is 26.8. The number of amides is 2. The van der Waals surface area contributed by atoms with Crippen molar-refractivity contribution >= 4 is 17.5 Å². The summed E-state index contributed by atoms with van der Waals surface area (Å²) in [6, 6.07) is 7.53. The number of hydrogen-bond acceptors (Lipinski definition) is 3. The molecule has 24 heavy (non-hydrogen) atoms. The fourth-order valence-corrected chi connectivity index (χ4v) is 3.31. The van der Waals surface area contributed by atoms with E-state index in [0.29, 0.717) is 29.8 Å². The monoisotopic (exact) mass is 329 g/mol. The van der Waals surface area contributed by atoms with Crippen molar-refractivity contribution in [2.75, 3.05) is 25.0 Å².